The third kappa shape index (κ3) is 5.32. The summed E-state index contributed by atoms with van der Waals surface area (Å²) >= 11 is 0. The Balaban J connectivity index is 1.34. The largest absolute Gasteiger partial charge is 0.486 e. The predicted molar refractivity (Wildman–Crippen MR) is 139 cm³/mol. The average molecular weight is 537 g/mol. The van der Waals surface area contributed by atoms with Gasteiger partial charge in [-0.1, -0.05) is 12.1 Å². The van der Waals surface area contributed by atoms with Crippen molar-refractivity contribution in [1.29, 1.82) is 0 Å². The van der Waals surface area contributed by atoms with E-state index in [9.17, 15) is 17.6 Å². The molecule has 11 heteroatoms. The number of aryl methyl sites for hydroxylation is 1. The first-order valence-corrected chi connectivity index (χ1v) is 13.3. The van der Waals surface area contributed by atoms with Crippen LogP contribution in [0, 0.1) is 12.7 Å². The fourth-order valence-corrected chi connectivity index (χ4v) is 5.48. The van der Waals surface area contributed by atoms with E-state index in [4.69, 9.17) is 9.47 Å². The number of halogens is 1. The molecule has 0 spiro atoms. The maximum atomic E-state index is 13.6. The van der Waals surface area contributed by atoms with Crippen LogP contribution >= 0.6 is 0 Å². The summed E-state index contributed by atoms with van der Waals surface area (Å²) in [5, 5.41) is 2.77. The average Bonchev–Trinajstić information content (AvgIpc) is 3.36. The van der Waals surface area contributed by atoms with Crippen molar-refractivity contribution in [1.82, 2.24) is 14.9 Å². The van der Waals surface area contributed by atoms with E-state index in [0.717, 1.165) is 33.5 Å². The lowest BCUT2D eigenvalue weighted by atomic mass is 10.2. The number of amides is 1. The van der Waals surface area contributed by atoms with Crippen molar-refractivity contribution in [3.05, 3.63) is 96.3 Å². The normalized spacial score (nSPS) is 12.7. The van der Waals surface area contributed by atoms with Gasteiger partial charge in [0.25, 0.3) is 10.0 Å². The van der Waals surface area contributed by atoms with Crippen LogP contribution in [0.4, 0.5) is 10.1 Å². The molecule has 0 saturated carbocycles. The number of carbonyl (C=O) groups is 1. The fourth-order valence-electron chi connectivity index (χ4n) is 4.05. The number of ether oxygens (including phenoxy) is 2. The first-order chi connectivity index (χ1) is 18.3. The van der Waals surface area contributed by atoms with Gasteiger partial charge in [-0.2, -0.15) is 0 Å². The maximum absolute atomic E-state index is 13.6. The highest BCUT2D eigenvalue weighted by atomic mass is 32.2. The smallest absolute Gasteiger partial charge is 0.264 e. The van der Waals surface area contributed by atoms with Gasteiger partial charge in [0.1, 0.15) is 31.4 Å². The number of nitrogens with one attached hydrogen (secondary N) is 1. The molecule has 3 aromatic carbocycles. The van der Waals surface area contributed by atoms with Gasteiger partial charge in [0.05, 0.1) is 10.6 Å². The van der Waals surface area contributed by atoms with Gasteiger partial charge in [-0.3, -0.25) is 9.10 Å². The second-order valence-electron chi connectivity index (χ2n) is 8.58. The molecular weight excluding hydrogens is 511 g/mol. The number of benzene rings is 3. The summed E-state index contributed by atoms with van der Waals surface area (Å²) < 4.78 is 54.7. The predicted octanol–water partition coefficient (Wildman–Crippen LogP) is 3.60. The third-order valence-corrected chi connectivity index (χ3v) is 7.80. The molecule has 1 amide bonds. The number of imidazole rings is 1. The van der Waals surface area contributed by atoms with E-state index in [-0.39, 0.29) is 17.1 Å². The van der Waals surface area contributed by atoms with Gasteiger partial charge in [0.2, 0.25) is 5.91 Å². The molecular formula is C27H25FN4O5S. The first-order valence-electron chi connectivity index (χ1n) is 11.9. The van der Waals surface area contributed by atoms with Crippen molar-refractivity contribution in [3.63, 3.8) is 0 Å². The van der Waals surface area contributed by atoms with Crippen LogP contribution in [0.25, 0.3) is 5.69 Å². The molecule has 9 nitrogen and oxygen atoms in total. The summed E-state index contributed by atoms with van der Waals surface area (Å²) in [6.07, 6.45) is 3.58. The standard InChI is InChI=1S/C27H25FN4O5S/c1-19-29-12-13-31(19)22-6-2-20(3-7-22)17-30-27(33)18-32(23-8-4-21(28)5-9-23)38(34,35)24-10-11-25-26(16-24)37-15-14-36-25/h2-13,16H,14-15,17-18H2,1H3,(H,30,33). The number of fused-ring (bicyclic) bond motifs is 1. The van der Waals surface area contributed by atoms with E-state index in [1.165, 1.54) is 30.3 Å². The Hall–Kier alpha value is -4.38. The lowest BCUT2D eigenvalue weighted by molar-refractivity contribution is -0.119. The van der Waals surface area contributed by atoms with Crippen LogP contribution in [0.2, 0.25) is 0 Å². The van der Waals surface area contributed by atoms with Crippen LogP contribution in [-0.2, 0) is 21.4 Å². The van der Waals surface area contributed by atoms with Gasteiger partial charge in [0.15, 0.2) is 11.5 Å². The molecule has 38 heavy (non-hydrogen) atoms. The summed E-state index contributed by atoms with van der Waals surface area (Å²) in [6.45, 7) is 2.26. The molecule has 1 N–H and O–H groups in total. The Morgan fingerprint density at radius 3 is 2.42 bits per heavy atom. The third-order valence-electron chi connectivity index (χ3n) is 6.03. The summed E-state index contributed by atoms with van der Waals surface area (Å²) in [4.78, 5) is 17.1. The number of aromatic nitrogens is 2. The van der Waals surface area contributed by atoms with E-state index >= 15 is 0 Å². The summed E-state index contributed by atoms with van der Waals surface area (Å²) in [5.41, 5.74) is 1.92. The van der Waals surface area contributed by atoms with Crippen molar-refractivity contribution in [2.24, 2.45) is 0 Å². The quantitative estimate of drug-likeness (QED) is 0.369. The van der Waals surface area contributed by atoms with Gasteiger partial charge in [-0.05, 0) is 61.0 Å². The Morgan fingerprint density at radius 1 is 1.03 bits per heavy atom. The number of hydrogen-bond acceptors (Lipinski definition) is 6. The Morgan fingerprint density at radius 2 is 1.74 bits per heavy atom. The molecule has 1 aliphatic rings. The van der Waals surface area contributed by atoms with Gasteiger partial charge in [-0.25, -0.2) is 17.8 Å². The van der Waals surface area contributed by atoms with Crippen molar-refractivity contribution in [2.45, 2.75) is 18.4 Å². The lowest BCUT2D eigenvalue weighted by Gasteiger charge is -2.25. The van der Waals surface area contributed by atoms with E-state index in [2.05, 4.69) is 10.3 Å². The van der Waals surface area contributed by atoms with Crippen molar-refractivity contribution in [3.8, 4) is 17.2 Å². The highest BCUT2D eigenvalue weighted by molar-refractivity contribution is 7.92. The van der Waals surface area contributed by atoms with Crippen LogP contribution in [0.1, 0.15) is 11.4 Å². The molecule has 1 aliphatic heterocycles. The van der Waals surface area contributed by atoms with E-state index in [1.807, 2.05) is 42.0 Å². The molecule has 2 heterocycles. The number of sulfonamides is 1. The molecule has 0 unspecified atom stereocenters. The zero-order valence-electron chi connectivity index (χ0n) is 20.5. The molecule has 0 fully saturated rings. The van der Waals surface area contributed by atoms with Crippen LogP contribution in [0.5, 0.6) is 11.5 Å². The summed E-state index contributed by atoms with van der Waals surface area (Å²) in [6, 6.07) is 16.7. The minimum absolute atomic E-state index is 0.0794. The highest BCUT2D eigenvalue weighted by Gasteiger charge is 2.29. The van der Waals surface area contributed by atoms with E-state index in [1.54, 1.807) is 6.20 Å². The first kappa shape index (κ1) is 25.3. The number of hydrogen-bond donors (Lipinski definition) is 1. The Kier molecular flexibility index (Phi) is 7.01. The molecule has 0 bridgehead atoms. The second kappa shape index (κ2) is 10.5. The van der Waals surface area contributed by atoms with Gasteiger partial charge < -0.3 is 19.4 Å². The van der Waals surface area contributed by atoms with Crippen molar-refractivity contribution < 1.29 is 27.1 Å². The highest BCUT2D eigenvalue weighted by Crippen LogP contribution is 2.34. The molecule has 0 radical (unpaired) electrons. The zero-order chi connectivity index (χ0) is 26.7. The topological polar surface area (TPSA) is 103 Å². The molecule has 1 aromatic heterocycles. The van der Waals surface area contributed by atoms with Gasteiger partial charge in [0, 0.05) is 30.7 Å². The van der Waals surface area contributed by atoms with E-state index in [0.29, 0.717) is 24.7 Å². The number of anilines is 1. The summed E-state index contributed by atoms with van der Waals surface area (Å²) in [5.74, 6) is 0.547. The molecule has 0 aliphatic carbocycles. The SMILES string of the molecule is Cc1nccn1-c1ccc(CNC(=O)CN(c2ccc(F)cc2)S(=O)(=O)c2ccc3c(c2)OCCO3)cc1. The molecule has 0 atom stereocenters. The van der Waals surface area contributed by atoms with Crippen LogP contribution in [0.15, 0.2) is 84.0 Å². The molecule has 4 aromatic rings. The van der Waals surface area contributed by atoms with Crippen molar-refractivity contribution in [2.75, 3.05) is 24.1 Å². The molecule has 5 rings (SSSR count). The van der Waals surface area contributed by atoms with Gasteiger partial charge >= 0.3 is 0 Å². The lowest BCUT2D eigenvalue weighted by Crippen LogP contribution is -2.40. The maximum Gasteiger partial charge on any atom is 0.264 e. The molecule has 0 saturated heterocycles. The van der Waals surface area contributed by atoms with Crippen molar-refractivity contribution >= 4 is 21.6 Å². The summed E-state index contributed by atoms with van der Waals surface area (Å²) in [7, 11) is -4.21. The fraction of sp³-hybridized carbons (Fsp3) is 0.185. The van der Waals surface area contributed by atoms with Crippen LogP contribution < -0.4 is 19.1 Å². The van der Waals surface area contributed by atoms with Crippen LogP contribution in [-0.4, -0.2) is 43.6 Å². The van der Waals surface area contributed by atoms with Gasteiger partial charge in [-0.15, -0.1) is 0 Å². The number of nitrogens with zero attached hydrogens (tertiary/aromatic N) is 3. The minimum atomic E-state index is -4.21. The van der Waals surface area contributed by atoms with Crippen LogP contribution in [0.3, 0.4) is 0 Å². The molecule has 196 valence electrons. The monoisotopic (exact) mass is 536 g/mol. The Labute approximate surface area is 219 Å². The van der Waals surface area contributed by atoms with E-state index < -0.39 is 28.3 Å². The number of carbonyl (C=O) groups excluding carboxylic acids is 1. The zero-order valence-corrected chi connectivity index (χ0v) is 21.3. The minimum Gasteiger partial charge on any atom is -0.486 e. The second-order valence-corrected chi connectivity index (χ2v) is 10.4. The number of rotatable bonds is 8. The Bertz CT molecular complexity index is 1550.